The molecule has 0 aromatic heterocycles. The van der Waals surface area contributed by atoms with Gasteiger partial charge in [-0.2, -0.15) is 0 Å². The van der Waals surface area contributed by atoms with E-state index in [0.717, 1.165) is 44.4 Å². The third kappa shape index (κ3) is 3.70. The Bertz CT molecular complexity index is 624. The Hall–Kier alpha value is -1.13. The molecule has 1 aromatic rings. The number of carbonyl (C=O) groups is 1. The van der Waals surface area contributed by atoms with Crippen LogP contribution >= 0.6 is 11.6 Å². The van der Waals surface area contributed by atoms with Gasteiger partial charge in [0.15, 0.2) is 0 Å². The second-order valence-corrected chi connectivity index (χ2v) is 8.40. The quantitative estimate of drug-likeness (QED) is 0.807. The van der Waals surface area contributed by atoms with Gasteiger partial charge in [-0.1, -0.05) is 24.1 Å². The van der Waals surface area contributed by atoms with Crippen molar-refractivity contribution in [3.05, 3.63) is 34.6 Å². The normalized spacial score (nSPS) is 29.4. The molecule has 5 heteroatoms. The molecule has 4 rings (SSSR count). The van der Waals surface area contributed by atoms with E-state index in [0.29, 0.717) is 29.0 Å². The minimum Gasteiger partial charge on any atom is -0.340 e. The van der Waals surface area contributed by atoms with Crippen LogP contribution in [0.4, 0.5) is 4.39 Å². The summed E-state index contributed by atoms with van der Waals surface area (Å²) in [5.41, 5.74) is 0.561. The van der Waals surface area contributed by atoms with E-state index in [9.17, 15) is 9.18 Å². The van der Waals surface area contributed by atoms with Gasteiger partial charge < -0.3 is 4.90 Å². The van der Waals surface area contributed by atoms with Crippen molar-refractivity contribution in [1.29, 1.82) is 0 Å². The molecule has 0 radical (unpaired) electrons. The molecule has 0 spiro atoms. The summed E-state index contributed by atoms with van der Waals surface area (Å²) >= 11 is 6.12. The Morgan fingerprint density at radius 3 is 2.60 bits per heavy atom. The topological polar surface area (TPSA) is 23.6 Å². The van der Waals surface area contributed by atoms with Crippen LogP contribution in [0.15, 0.2) is 18.2 Å². The van der Waals surface area contributed by atoms with Crippen LogP contribution in [0.1, 0.15) is 37.7 Å². The van der Waals surface area contributed by atoms with Crippen LogP contribution in [0, 0.1) is 23.6 Å². The van der Waals surface area contributed by atoms with Crippen molar-refractivity contribution in [3.8, 4) is 0 Å². The third-order valence-corrected chi connectivity index (χ3v) is 6.84. The fraction of sp³-hybridized carbons (Fsp3) is 0.650. The maximum Gasteiger partial charge on any atom is 0.222 e. The van der Waals surface area contributed by atoms with E-state index < -0.39 is 0 Å². The summed E-state index contributed by atoms with van der Waals surface area (Å²) in [4.78, 5) is 16.8. The number of rotatable bonds is 4. The van der Waals surface area contributed by atoms with Crippen LogP contribution in [-0.2, 0) is 11.3 Å². The highest BCUT2D eigenvalue weighted by molar-refractivity contribution is 6.31. The predicted molar refractivity (Wildman–Crippen MR) is 96.8 cm³/mol. The van der Waals surface area contributed by atoms with Crippen LogP contribution in [0.2, 0.25) is 5.02 Å². The monoisotopic (exact) mass is 364 g/mol. The average Bonchev–Trinajstić information content (AvgIpc) is 3.22. The van der Waals surface area contributed by atoms with Crippen molar-refractivity contribution in [3.63, 3.8) is 0 Å². The van der Waals surface area contributed by atoms with Crippen LogP contribution in [0.3, 0.4) is 0 Å². The van der Waals surface area contributed by atoms with Gasteiger partial charge in [-0.05, 0) is 49.1 Å². The van der Waals surface area contributed by atoms with Gasteiger partial charge in [-0.15, -0.1) is 0 Å². The van der Waals surface area contributed by atoms with Crippen molar-refractivity contribution in [2.24, 2.45) is 17.8 Å². The highest BCUT2D eigenvalue weighted by atomic mass is 35.5. The highest BCUT2D eigenvalue weighted by Crippen LogP contribution is 2.49. The van der Waals surface area contributed by atoms with Gasteiger partial charge in [0.05, 0.1) is 0 Å². The third-order valence-electron chi connectivity index (χ3n) is 6.49. The Morgan fingerprint density at radius 2 is 1.96 bits per heavy atom. The van der Waals surface area contributed by atoms with E-state index in [2.05, 4.69) is 4.90 Å². The number of hydrogen-bond acceptors (Lipinski definition) is 2. The van der Waals surface area contributed by atoms with E-state index in [1.54, 1.807) is 12.1 Å². The van der Waals surface area contributed by atoms with Crippen molar-refractivity contribution in [2.45, 2.75) is 38.6 Å². The number of benzene rings is 1. The first-order valence-corrected chi connectivity index (χ1v) is 9.91. The molecule has 2 saturated carbocycles. The number of halogens is 2. The van der Waals surface area contributed by atoms with Gasteiger partial charge in [0.2, 0.25) is 5.91 Å². The van der Waals surface area contributed by atoms with Gasteiger partial charge in [0, 0.05) is 49.7 Å². The first-order chi connectivity index (χ1) is 12.1. The molecule has 2 aliphatic carbocycles. The Kier molecular flexibility index (Phi) is 5.01. The molecule has 3 atom stereocenters. The van der Waals surface area contributed by atoms with E-state index in [-0.39, 0.29) is 5.82 Å². The van der Waals surface area contributed by atoms with Crippen LogP contribution < -0.4 is 0 Å². The number of piperazine rings is 1. The van der Waals surface area contributed by atoms with E-state index in [1.165, 1.54) is 31.7 Å². The summed E-state index contributed by atoms with van der Waals surface area (Å²) in [7, 11) is 0. The average molecular weight is 365 g/mol. The number of fused-ring (bicyclic) bond motifs is 2. The summed E-state index contributed by atoms with van der Waals surface area (Å²) in [5.74, 6) is 2.40. The molecule has 1 saturated heterocycles. The molecule has 3 unspecified atom stereocenters. The highest BCUT2D eigenvalue weighted by Gasteiger charge is 2.40. The van der Waals surface area contributed by atoms with Crippen LogP contribution in [-0.4, -0.2) is 41.9 Å². The molecule has 1 heterocycles. The van der Waals surface area contributed by atoms with E-state index in [1.807, 2.05) is 4.90 Å². The summed E-state index contributed by atoms with van der Waals surface area (Å²) < 4.78 is 13.9. The standard InChI is InChI=1S/C20H26ClFN2O/c21-18-2-1-3-19(22)17(18)13-23-6-8-24(9-7-23)20(25)12-16-11-14-4-5-15(16)10-14/h1-3,14-16H,4-13H2. The summed E-state index contributed by atoms with van der Waals surface area (Å²) in [5, 5.41) is 0.481. The Labute approximate surface area is 154 Å². The molecule has 1 amide bonds. The molecule has 25 heavy (non-hydrogen) atoms. The minimum absolute atomic E-state index is 0.248. The number of carbonyl (C=O) groups excluding carboxylic acids is 1. The SMILES string of the molecule is O=C(CC1CC2CCC1C2)N1CCN(Cc2c(F)cccc2Cl)CC1. The van der Waals surface area contributed by atoms with Crippen LogP contribution in [0.5, 0.6) is 0 Å². The molecular weight excluding hydrogens is 339 g/mol. The molecule has 0 N–H and O–H groups in total. The molecule has 2 bridgehead atoms. The zero-order valence-corrected chi connectivity index (χ0v) is 15.3. The number of hydrogen-bond donors (Lipinski definition) is 0. The Morgan fingerprint density at radius 1 is 1.16 bits per heavy atom. The number of amides is 1. The van der Waals surface area contributed by atoms with Crippen LogP contribution in [0.25, 0.3) is 0 Å². The smallest absolute Gasteiger partial charge is 0.222 e. The second-order valence-electron chi connectivity index (χ2n) is 8.00. The molecule has 1 aromatic carbocycles. The molecule has 3 fully saturated rings. The number of nitrogens with zero attached hydrogens (tertiary/aromatic N) is 2. The predicted octanol–water partition coefficient (Wildman–Crippen LogP) is 3.95. The lowest BCUT2D eigenvalue weighted by molar-refractivity contribution is -0.134. The maximum absolute atomic E-state index is 13.9. The van der Waals surface area contributed by atoms with E-state index in [4.69, 9.17) is 11.6 Å². The second kappa shape index (κ2) is 7.24. The Balaban J connectivity index is 1.27. The van der Waals surface area contributed by atoms with Gasteiger partial charge in [0.25, 0.3) is 0 Å². The lowest BCUT2D eigenvalue weighted by atomic mass is 9.86. The lowest BCUT2D eigenvalue weighted by Gasteiger charge is -2.36. The zero-order chi connectivity index (χ0) is 17.4. The maximum atomic E-state index is 13.9. The fourth-order valence-electron chi connectivity index (χ4n) is 5.04. The molecule has 3 nitrogen and oxygen atoms in total. The molecular formula is C20H26ClFN2O. The molecule has 1 aliphatic heterocycles. The van der Waals surface area contributed by atoms with E-state index >= 15 is 0 Å². The fourth-order valence-corrected chi connectivity index (χ4v) is 5.27. The van der Waals surface area contributed by atoms with Crippen molar-refractivity contribution in [2.75, 3.05) is 26.2 Å². The lowest BCUT2D eigenvalue weighted by Crippen LogP contribution is -2.48. The van der Waals surface area contributed by atoms with Gasteiger partial charge in [-0.3, -0.25) is 9.69 Å². The van der Waals surface area contributed by atoms with Gasteiger partial charge >= 0.3 is 0 Å². The van der Waals surface area contributed by atoms with Gasteiger partial charge in [0.1, 0.15) is 5.82 Å². The minimum atomic E-state index is -0.248. The van der Waals surface area contributed by atoms with Crippen molar-refractivity contribution >= 4 is 17.5 Å². The summed E-state index contributed by atoms with van der Waals surface area (Å²) in [6, 6.07) is 4.82. The van der Waals surface area contributed by atoms with Crippen molar-refractivity contribution in [1.82, 2.24) is 9.80 Å². The summed E-state index contributed by atoms with van der Waals surface area (Å²) in [6.07, 6.45) is 6.07. The summed E-state index contributed by atoms with van der Waals surface area (Å²) in [6.45, 7) is 3.57. The first kappa shape index (κ1) is 17.3. The first-order valence-electron chi connectivity index (χ1n) is 9.53. The van der Waals surface area contributed by atoms with Crippen molar-refractivity contribution < 1.29 is 9.18 Å². The van der Waals surface area contributed by atoms with Gasteiger partial charge in [-0.25, -0.2) is 4.39 Å². The largest absolute Gasteiger partial charge is 0.340 e. The molecule has 136 valence electrons. The molecule has 3 aliphatic rings. The zero-order valence-electron chi connectivity index (χ0n) is 14.6.